The highest BCUT2D eigenvalue weighted by Crippen LogP contribution is 2.35. The molecule has 0 atom stereocenters. The molecule has 3 aromatic rings. The van der Waals surface area contributed by atoms with E-state index >= 15 is 0 Å². The van der Waals surface area contributed by atoms with E-state index in [2.05, 4.69) is 20.8 Å². The molecule has 0 aliphatic heterocycles. The van der Waals surface area contributed by atoms with E-state index in [0.29, 0.717) is 5.69 Å². The van der Waals surface area contributed by atoms with E-state index in [1.807, 2.05) is 6.07 Å². The van der Waals surface area contributed by atoms with Gasteiger partial charge in [0.15, 0.2) is 11.5 Å². The van der Waals surface area contributed by atoms with E-state index in [1.165, 1.54) is 30.3 Å². The summed E-state index contributed by atoms with van der Waals surface area (Å²) in [4.78, 5) is 12.2. The van der Waals surface area contributed by atoms with Gasteiger partial charge in [0, 0.05) is 0 Å². The summed E-state index contributed by atoms with van der Waals surface area (Å²) in [6.07, 6.45) is -4.52. The number of rotatable bonds is 4. The normalized spacial score (nSPS) is 10.8. The van der Waals surface area contributed by atoms with Crippen molar-refractivity contribution in [3.05, 3.63) is 77.5 Å². The molecule has 1 heterocycles. The highest BCUT2D eigenvalue weighted by Gasteiger charge is 2.33. The van der Waals surface area contributed by atoms with Gasteiger partial charge in [0.1, 0.15) is 6.07 Å². The third-order valence-electron chi connectivity index (χ3n) is 3.69. The van der Waals surface area contributed by atoms with Crippen LogP contribution < -0.4 is 10.6 Å². The summed E-state index contributed by atoms with van der Waals surface area (Å²) in [6, 6.07) is 16.0. The highest BCUT2D eigenvalue weighted by molar-refractivity contribution is 6.03. The summed E-state index contributed by atoms with van der Waals surface area (Å²) < 4.78 is 39.1. The van der Waals surface area contributed by atoms with Crippen LogP contribution in [0.3, 0.4) is 0 Å². The number of para-hydroxylation sites is 2. The quantitative estimate of drug-likeness (QED) is 0.698. The largest absolute Gasteiger partial charge is 0.418 e. The summed E-state index contributed by atoms with van der Waals surface area (Å²) in [5.41, 5.74) is -0.470. The topological polar surface area (TPSA) is 90.7 Å². The molecule has 3 rings (SSSR count). The second-order valence-corrected chi connectivity index (χ2v) is 5.58. The van der Waals surface area contributed by atoms with Gasteiger partial charge in [-0.3, -0.25) is 4.79 Å². The Kier molecular flexibility index (Phi) is 5.22. The predicted molar refractivity (Wildman–Crippen MR) is 95.9 cm³/mol. The number of hydrogen-bond donors (Lipinski definition) is 2. The Labute approximate surface area is 157 Å². The first-order valence-electron chi connectivity index (χ1n) is 7.96. The molecule has 1 amide bonds. The predicted octanol–water partition coefficient (Wildman–Crippen LogP) is 4.36. The summed E-state index contributed by atoms with van der Waals surface area (Å²) >= 11 is 0. The second kappa shape index (κ2) is 7.75. The van der Waals surface area contributed by atoms with Crippen LogP contribution in [0.1, 0.15) is 21.6 Å². The lowest BCUT2D eigenvalue weighted by atomic mass is 10.1. The number of hydrogen-bond acceptors (Lipinski definition) is 5. The number of nitriles is 1. The molecular weight excluding hydrogens is 371 g/mol. The zero-order valence-electron chi connectivity index (χ0n) is 14.2. The molecule has 0 saturated heterocycles. The first-order valence-corrected chi connectivity index (χ1v) is 7.96. The molecule has 0 radical (unpaired) electrons. The molecule has 0 bridgehead atoms. The Hall–Kier alpha value is -3.93. The van der Waals surface area contributed by atoms with Crippen LogP contribution in [-0.2, 0) is 6.18 Å². The average molecular weight is 383 g/mol. The Balaban J connectivity index is 1.76. The maximum atomic E-state index is 13.0. The van der Waals surface area contributed by atoms with Crippen LogP contribution in [0, 0.1) is 11.3 Å². The van der Waals surface area contributed by atoms with Gasteiger partial charge >= 0.3 is 6.18 Å². The van der Waals surface area contributed by atoms with E-state index in [1.54, 1.807) is 24.3 Å². The van der Waals surface area contributed by atoms with Gasteiger partial charge in [0.05, 0.1) is 22.5 Å². The number of halogens is 3. The number of carbonyl (C=O) groups excluding carboxylic acids is 1. The molecule has 0 aliphatic carbocycles. The fourth-order valence-corrected chi connectivity index (χ4v) is 2.37. The van der Waals surface area contributed by atoms with Gasteiger partial charge in [-0.15, -0.1) is 10.2 Å². The van der Waals surface area contributed by atoms with E-state index in [9.17, 15) is 18.0 Å². The molecule has 6 nitrogen and oxygen atoms in total. The third-order valence-corrected chi connectivity index (χ3v) is 3.69. The van der Waals surface area contributed by atoms with Crippen molar-refractivity contribution in [2.45, 2.75) is 6.18 Å². The number of aromatic nitrogens is 2. The summed E-state index contributed by atoms with van der Waals surface area (Å²) in [7, 11) is 0. The molecule has 9 heteroatoms. The van der Waals surface area contributed by atoms with Crippen LogP contribution in [-0.4, -0.2) is 16.1 Å². The number of nitrogens with zero attached hydrogens (tertiary/aromatic N) is 3. The lowest BCUT2D eigenvalue weighted by Gasteiger charge is -2.13. The monoisotopic (exact) mass is 383 g/mol. The van der Waals surface area contributed by atoms with Crippen LogP contribution in [0.5, 0.6) is 0 Å². The van der Waals surface area contributed by atoms with Crippen molar-refractivity contribution in [1.82, 2.24) is 10.2 Å². The first kappa shape index (κ1) is 18.8. The van der Waals surface area contributed by atoms with Crippen LogP contribution >= 0.6 is 0 Å². The molecule has 2 aromatic carbocycles. The van der Waals surface area contributed by atoms with E-state index < -0.39 is 17.6 Å². The van der Waals surface area contributed by atoms with Crippen molar-refractivity contribution >= 4 is 23.1 Å². The molecular formula is C19H12F3N5O. The molecule has 140 valence electrons. The first-order chi connectivity index (χ1) is 13.4. The van der Waals surface area contributed by atoms with E-state index in [0.717, 1.165) is 6.07 Å². The fourth-order valence-electron chi connectivity index (χ4n) is 2.37. The fraction of sp³-hybridized carbons (Fsp3) is 0.0526. The summed E-state index contributed by atoms with van der Waals surface area (Å²) in [5.74, 6) is -0.553. The maximum Gasteiger partial charge on any atom is 0.418 e. The van der Waals surface area contributed by atoms with Crippen LogP contribution in [0.25, 0.3) is 0 Å². The Morgan fingerprint density at radius 1 is 0.929 bits per heavy atom. The van der Waals surface area contributed by atoms with Gasteiger partial charge in [-0.05, 0) is 36.4 Å². The van der Waals surface area contributed by atoms with Crippen molar-refractivity contribution in [1.29, 1.82) is 5.26 Å². The third kappa shape index (κ3) is 4.24. The van der Waals surface area contributed by atoms with Crippen molar-refractivity contribution in [2.75, 3.05) is 10.6 Å². The highest BCUT2D eigenvalue weighted by atomic mass is 19.4. The second-order valence-electron chi connectivity index (χ2n) is 5.58. The van der Waals surface area contributed by atoms with Crippen LogP contribution in [0.4, 0.5) is 30.4 Å². The Morgan fingerprint density at radius 3 is 2.25 bits per heavy atom. The molecule has 0 aliphatic rings. The van der Waals surface area contributed by atoms with Crippen LogP contribution in [0.2, 0.25) is 0 Å². The van der Waals surface area contributed by atoms with Gasteiger partial charge < -0.3 is 10.6 Å². The van der Waals surface area contributed by atoms with E-state index in [4.69, 9.17) is 5.26 Å². The number of carbonyl (C=O) groups is 1. The summed E-state index contributed by atoms with van der Waals surface area (Å²) in [6.45, 7) is 0. The molecule has 2 N–H and O–H groups in total. The molecule has 0 unspecified atom stereocenters. The molecule has 1 aromatic heterocycles. The minimum Gasteiger partial charge on any atom is -0.338 e. The Bertz CT molecular complexity index is 1040. The van der Waals surface area contributed by atoms with Crippen molar-refractivity contribution in [2.24, 2.45) is 0 Å². The lowest BCUT2D eigenvalue weighted by molar-refractivity contribution is -0.136. The van der Waals surface area contributed by atoms with Crippen molar-refractivity contribution in [3.8, 4) is 6.07 Å². The molecule has 0 fully saturated rings. The number of benzene rings is 2. The Morgan fingerprint density at radius 2 is 1.61 bits per heavy atom. The van der Waals surface area contributed by atoms with Crippen LogP contribution in [0.15, 0.2) is 60.7 Å². The molecule has 0 saturated carbocycles. The summed E-state index contributed by atoms with van der Waals surface area (Å²) in [5, 5.41) is 21.6. The molecule has 0 spiro atoms. The van der Waals surface area contributed by atoms with Gasteiger partial charge in [-0.2, -0.15) is 18.4 Å². The lowest BCUT2D eigenvalue weighted by Crippen LogP contribution is -2.15. The minimum absolute atomic E-state index is 0.0469. The number of anilines is 3. The van der Waals surface area contributed by atoms with Crippen molar-refractivity contribution < 1.29 is 18.0 Å². The number of nitrogens with one attached hydrogen (secondary N) is 2. The number of alkyl halides is 3. The smallest absolute Gasteiger partial charge is 0.338 e. The maximum absolute atomic E-state index is 13.0. The standard InChI is InChI=1S/C19H12F3N5O/c20-19(21,22)13-6-2-4-8-15(13)24-17-10-9-16(26-27-17)18(28)25-14-7-3-1-5-12(14)11-23/h1-10H,(H,24,27)(H,25,28). The SMILES string of the molecule is N#Cc1ccccc1NC(=O)c1ccc(Nc2ccccc2C(F)(F)F)nn1. The van der Waals surface area contributed by atoms with Crippen molar-refractivity contribution in [3.63, 3.8) is 0 Å². The minimum atomic E-state index is -4.52. The zero-order chi connectivity index (χ0) is 20.1. The average Bonchev–Trinajstić information content (AvgIpc) is 2.68. The van der Waals surface area contributed by atoms with E-state index in [-0.39, 0.29) is 22.8 Å². The van der Waals surface area contributed by atoms with Gasteiger partial charge in [-0.25, -0.2) is 0 Å². The zero-order valence-corrected chi connectivity index (χ0v) is 14.2. The van der Waals surface area contributed by atoms with Gasteiger partial charge in [-0.1, -0.05) is 24.3 Å². The van der Waals surface area contributed by atoms with Gasteiger partial charge in [0.25, 0.3) is 5.91 Å². The molecule has 28 heavy (non-hydrogen) atoms. The van der Waals surface area contributed by atoms with Gasteiger partial charge in [0.2, 0.25) is 0 Å². The number of amides is 1.